The Kier molecular flexibility index (Phi) is 5.70. The predicted octanol–water partition coefficient (Wildman–Crippen LogP) is 0.654. The Morgan fingerprint density at radius 1 is 1.25 bits per heavy atom. The lowest BCUT2D eigenvalue weighted by Crippen LogP contribution is -2.47. The highest BCUT2D eigenvalue weighted by molar-refractivity contribution is 5.82. The molecule has 3 amide bonds. The Hall–Kier alpha value is -2.90. The first-order valence-electron chi connectivity index (χ1n) is 5.70. The van der Waals surface area contributed by atoms with Gasteiger partial charge in [0.25, 0.3) is 5.69 Å². The Morgan fingerprint density at radius 2 is 1.90 bits per heavy atom. The van der Waals surface area contributed by atoms with Crippen molar-refractivity contribution in [1.82, 2.24) is 16.2 Å². The van der Waals surface area contributed by atoms with E-state index >= 15 is 0 Å². The summed E-state index contributed by atoms with van der Waals surface area (Å²) in [5.41, 5.74) is 4.92. The quantitative estimate of drug-likeness (QED) is 0.417. The molecule has 0 saturated carbocycles. The number of nitro groups is 1. The molecule has 0 heterocycles. The van der Waals surface area contributed by atoms with Crippen LogP contribution >= 0.6 is 0 Å². The minimum Gasteiger partial charge on any atom is -0.333 e. The molecule has 0 aliphatic rings. The molecule has 1 aromatic carbocycles. The molecule has 3 N–H and O–H groups in total. The van der Waals surface area contributed by atoms with Crippen molar-refractivity contribution in [3.05, 3.63) is 52.6 Å². The van der Waals surface area contributed by atoms with E-state index < -0.39 is 16.9 Å². The summed E-state index contributed by atoms with van der Waals surface area (Å²) in [6.07, 6.45) is 1.50. The molecule has 0 radical (unpaired) electrons. The number of hydrazine groups is 1. The molecule has 0 spiro atoms. The zero-order chi connectivity index (χ0) is 15.0. The van der Waals surface area contributed by atoms with E-state index in [9.17, 15) is 19.7 Å². The lowest BCUT2D eigenvalue weighted by Gasteiger charge is -2.07. The number of amides is 3. The summed E-state index contributed by atoms with van der Waals surface area (Å²) in [6, 6.07) is 5.03. The molecule has 1 rings (SSSR count). The molecule has 0 fully saturated rings. The maximum Gasteiger partial charge on any atom is 0.333 e. The maximum absolute atomic E-state index is 11.5. The third kappa shape index (κ3) is 5.17. The van der Waals surface area contributed by atoms with Crippen LogP contribution in [0.15, 0.2) is 36.9 Å². The van der Waals surface area contributed by atoms with Gasteiger partial charge in [0, 0.05) is 18.7 Å². The molecule has 0 bridgehead atoms. The van der Waals surface area contributed by atoms with Crippen LogP contribution in [0, 0.1) is 10.1 Å². The standard InChI is InChI=1S/C12H14N4O4/c1-2-7-13-12(18)15-14-11(17)8-9-3-5-10(6-4-9)16(19)20/h2-6H,1,7-8H2,(H,14,17)(H2,13,15,18). The Balaban J connectivity index is 2.40. The minimum absolute atomic E-state index is 0.000265. The van der Waals surface area contributed by atoms with Crippen LogP contribution in [-0.2, 0) is 11.2 Å². The second-order valence-electron chi connectivity index (χ2n) is 3.77. The largest absolute Gasteiger partial charge is 0.333 e. The first-order valence-corrected chi connectivity index (χ1v) is 5.70. The summed E-state index contributed by atoms with van der Waals surface area (Å²) in [6.45, 7) is 3.71. The Morgan fingerprint density at radius 3 is 2.45 bits per heavy atom. The van der Waals surface area contributed by atoms with Crippen molar-refractivity contribution in [2.24, 2.45) is 0 Å². The fourth-order valence-corrected chi connectivity index (χ4v) is 1.30. The van der Waals surface area contributed by atoms with Crippen molar-refractivity contribution in [1.29, 1.82) is 0 Å². The number of nitrogens with zero attached hydrogens (tertiary/aromatic N) is 1. The lowest BCUT2D eigenvalue weighted by molar-refractivity contribution is -0.384. The number of benzene rings is 1. The van der Waals surface area contributed by atoms with Crippen LogP contribution in [0.25, 0.3) is 0 Å². The van der Waals surface area contributed by atoms with Gasteiger partial charge in [0.05, 0.1) is 11.3 Å². The average molecular weight is 278 g/mol. The van der Waals surface area contributed by atoms with E-state index in [1.807, 2.05) is 0 Å². The van der Waals surface area contributed by atoms with Crippen LogP contribution in [0.2, 0.25) is 0 Å². The fourth-order valence-electron chi connectivity index (χ4n) is 1.30. The van der Waals surface area contributed by atoms with E-state index in [0.29, 0.717) is 5.56 Å². The SMILES string of the molecule is C=CCNC(=O)NNC(=O)Cc1ccc([N+](=O)[O-])cc1. The monoisotopic (exact) mass is 278 g/mol. The van der Waals surface area contributed by atoms with Crippen molar-refractivity contribution in [3.8, 4) is 0 Å². The van der Waals surface area contributed by atoms with Crippen molar-refractivity contribution in [2.45, 2.75) is 6.42 Å². The number of urea groups is 1. The zero-order valence-corrected chi connectivity index (χ0v) is 10.6. The Labute approximate surface area is 115 Å². The van der Waals surface area contributed by atoms with Gasteiger partial charge in [-0.2, -0.15) is 0 Å². The fraction of sp³-hybridized carbons (Fsp3) is 0.167. The highest BCUT2D eigenvalue weighted by Crippen LogP contribution is 2.11. The number of carbonyl (C=O) groups excluding carboxylic acids is 2. The van der Waals surface area contributed by atoms with E-state index in [4.69, 9.17) is 0 Å². The average Bonchev–Trinajstić information content (AvgIpc) is 2.43. The molecular weight excluding hydrogens is 264 g/mol. The van der Waals surface area contributed by atoms with Crippen LogP contribution in [0.1, 0.15) is 5.56 Å². The summed E-state index contributed by atoms with van der Waals surface area (Å²) >= 11 is 0. The molecule has 0 atom stereocenters. The van der Waals surface area contributed by atoms with Gasteiger partial charge in [0.1, 0.15) is 0 Å². The van der Waals surface area contributed by atoms with Crippen LogP contribution < -0.4 is 16.2 Å². The van der Waals surface area contributed by atoms with E-state index in [-0.39, 0.29) is 18.7 Å². The van der Waals surface area contributed by atoms with Crippen molar-refractivity contribution in [3.63, 3.8) is 0 Å². The lowest BCUT2D eigenvalue weighted by atomic mass is 10.1. The third-order valence-electron chi connectivity index (χ3n) is 2.23. The van der Waals surface area contributed by atoms with E-state index in [2.05, 4.69) is 22.7 Å². The first kappa shape index (κ1) is 15.2. The summed E-state index contributed by atoms with van der Waals surface area (Å²) in [4.78, 5) is 32.6. The zero-order valence-electron chi connectivity index (χ0n) is 10.6. The topological polar surface area (TPSA) is 113 Å². The van der Waals surface area contributed by atoms with Gasteiger partial charge < -0.3 is 5.32 Å². The van der Waals surface area contributed by atoms with Gasteiger partial charge in [-0.25, -0.2) is 10.2 Å². The van der Waals surface area contributed by atoms with Gasteiger partial charge >= 0.3 is 6.03 Å². The molecule has 8 heteroatoms. The van der Waals surface area contributed by atoms with Gasteiger partial charge in [-0.3, -0.25) is 20.3 Å². The minimum atomic E-state index is -0.554. The van der Waals surface area contributed by atoms with Gasteiger partial charge in [0.15, 0.2) is 0 Å². The third-order valence-corrected chi connectivity index (χ3v) is 2.23. The second kappa shape index (κ2) is 7.52. The van der Waals surface area contributed by atoms with Gasteiger partial charge in [0.2, 0.25) is 5.91 Å². The number of non-ortho nitro benzene ring substituents is 1. The molecule has 0 unspecified atom stereocenters. The number of hydrogen-bond donors (Lipinski definition) is 3. The summed E-state index contributed by atoms with van der Waals surface area (Å²) in [5, 5.41) is 12.9. The summed E-state index contributed by atoms with van der Waals surface area (Å²) in [7, 11) is 0. The summed E-state index contributed by atoms with van der Waals surface area (Å²) < 4.78 is 0. The van der Waals surface area contributed by atoms with Crippen molar-refractivity contribution >= 4 is 17.6 Å². The molecule has 0 aliphatic heterocycles. The molecule has 8 nitrogen and oxygen atoms in total. The highest BCUT2D eigenvalue weighted by atomic mass is 16.6. The van der Waals surface area contributed by atoms with Gasteiger partial charge in [-0.1, -0.05) is 18.2 Å². The van der Waals surface area contributed by atoms with E-state index in [1.54, 1.807) is 0 Å². The number of hydrogen-bond acceptors (Lipinski definition) is 4. The first-order chi connectivity index (χ1) is 9.52. The van der Waals surface area contributed by atoms with E-state index in [1.165, 1.54) is 30.3 Å². The molecular formula is C12H14N4O4. The maximum atomic E-state index is 11.5. The highest BCUT2D eigenvalue weighted by Gasteiger charge is 2.07. The molecule has 1 aromatic rings. The molecule has 0 aromatic heterocycles. The smallest absolute Gasteiger partial charge is 0.333 e. The van der Waals surface area contributed by atoms with Crippen LogP contribution in [0.4, 0.5) is 10.5 Å². The van der Waals surface area contributed by atoms with Crippen molar-refractivity contribution < 1.29 is 14.5 Å². The molecule has 0 aliphatic carbocycles. The van der Waals surface area contributed by atoms with Gasteiger partial charge in [-0.15, -0.1) is 6.58 Å². The normalized spacial score (nSPS) is 9.40. The number of nitro benzene ring substituents is 1. The Bertz CT molecular complexity index is 513. The van der Waals surface area contributed by atoms with Crippen LogP contribution in [-0.4, -0.2) is 23.4 Å². The van der Waals surface area contributed by atoms with Crippen LogP contribution in [0.3, 0.4) is 0 Å². The number of nitrogens with one attached hydrogen (secondary N) is 3. The summed E-state index contributed by atoms with van der Waals surface area (Å²) in [5.74, 6) is -0.437. The van der Waals surface area contributed by atoms with Crippen LogP contribution in [0.5, 0.6) is 0 Å². The second-order valence-corrected chi connectivity index (χ2v) is 3.77. The van der Waals surface area contributed by atoms with E-state index in [0.717, 1.165) is 0 Å². The predicted molar refractivity (Wildman–Crippen MR) is 71.7 cm³/mol. The van der Waals surface area contributed by atoms with Gasteiger partial charge in [-0.05, 0) is 5.56 Å². The number of rotatable bonds is 5. The number of carbonyl (C=O) groups is 2. The molecule has 20 heavy (non-hydrogen) atoms. The molecule has 0 saturated heterocycles. The molecule has 106 valence electrons. The van der Waals surface area contributed by atoms with Crippen molar-refractivity contribution in [2.75, 3.05) is 6.54 Å².